The number of hydrogen-bond donors (Lipinski definition) is 2. The van der Waals surface area contributed by atoms with Gasteiger partial charge in [0.1, 0.15) is 5.02 Å². The Bertz CT molecular complexity index is 373. The summed E-state index contributed by atoms with van der Waals surface area (Å²) in [5, 5.41) is 6.02. The van der Waals surface area contributed by atoms with Gasteiger partial charge in [0.05, 0.1) is 13.3 Å². The SMILES string of the molecule is COc1ncc(Cl)c(NCCNC(C)=O)n1. The zero-order valence-corrected chi connectivity index (χ0v) is 9.84. The minimum Gasteiger partial charge on any atom is -0.467 e. The summed E-state index contributed by atoms with van der Waals surface area (Å²) in [7, 11) is 1.48. The number of amides is 1. The van der Waals surface area contributed by atoms with Gasteiger partial charge in [-0.15, -0.1) is 0 Å². The standard InChI is InChI=1S/C9H13ClN4O2/c1-6(15)11-3-4-12-8-7(10)5-13-9(14-8)16-2/h5H,3-4H2,1-2H3,(H,11,15)(H,12,13,14). The number of aromatic nitrogens is 2. The Balaban J connectivity index is 2.49. The van der Waals surface area contributed by atoms with Gasteiger partial charge >= 0.3 is 6.01 Å². The van der Waals surface area contributed by atoms with Crippen molar-refractivity contribution in [1.82, 2.24) is 15.3 Å². The molecule has 0 radical (unpaired) electrons. The number of methoxy groups -OCH3 is 1. The molecule has 16 heavy (non-hydrogen) atoms. The number of hydrogen-bond acceptors (Lipinski definition) is 5. The zero-order valence-electron chi connectivity index (χ0n) is 9.08. The molecule has 88 valence electrons. The van der Waals surface area contributed by atoms with Crippen LogP contribution in [0.4, 0.5) is 5.82 Å². The van der Waals surface area contributed by atoms with Crippen molar-refractivity contribution in [2.45, 2.75) is 6.92 Å². The van der Waals surface area contributed by atoms with Crippen LogP contribution in [0, 0.1) is 0 Å². The summed E-state index contributed by atoms with van der Waals surface area (Å²) in [5.74, 6) is 0.409. The predicted octanol–water partition coefficient (Wildman–Crippen LogP) is 0.687. The van der Waals surface area contributed by atoms with Gasteiger partial charge in [-0.2, -0.15) is 4.98 Å². The molecule has 0 spiro atoms. The molecule has 0 aliphatic carbocycles. The van der Waals surface area contributed by atoms with Crippen LogP contribution in [-0.2, 0) is 4.79 Å². The molecule has 1 aromatic rings. The molecule has 1 heterocycles. The van der Waals surface area contributed by atoms with Crippen LogP contribution in [0.3, 0.4) is 0 Å². The molecule has 0 atom stereocenters. The molecule has 2 N–H and O–H groups in total. The lowest BCUT2D eigenvalue weighted by Crippen LogP contribution is -2.26. The molecule has 7 heteroatoms. The van der Waals surface area contributed by atoms with Crippen molar-refractivity contribution in [2.24, 2.45) is 0 Å². The highest BCUT2D eigenvalue weighted by Gasteiger charge is 2.04. The topological polar surface area (TPSA) is 76.1 Å². The fourth-order valence-corrected chi connectivity index (χ4v) is 1.15. The van der Waals surface area contributed by atoms with Gasteiger partial charge in [-0.25, -0.2) is 4.98 Å². The van der Waals surface area contributed by atoms with Crippen molar-refractivity contribution in [1.29, 1.82) is 0 Å². The van der Waals surface area contributed by atoms with Gasteiger partial charge in [0.25, 0.3) is 0 Å². The molecule has 0 aliphatic heterocycles. The fourth-order valence-electron chi connectivity index (χ4n) is 0.993. The van der Waals surface area contributed by atoms with E-state index in [-0.39, 0.29) is 11.9 Å². The van der Waals surface area contributed by atoms with Crippen LogP contribution in [0.5, 0.6) is 6.01 Å². The monoisotopic (exact) mass is 244 g/mol. The van der Waals surface area contributed by atoms with Gasteiger partial charge in [-0.05, 0) is 0 Å². The van der Waals surface area contributed by atoms with Crippen LogP contribution in [0.25, 0.3) is 0 Å². The minimum atomic E-state index is -0.0758. The van der Waals surface area contributed by atoms with Crippen molar-refractivity contribution in [3.8, 4) is 6.01 Å². The molecule has 0 bridgehead atoms. The van der Waals surface area contributed by atoms with Gasteiger partial charge in [-0.3, -0.25) is 4.79 Å². The zero-order chi connectivity index (χ0) is 12.0. The van der Waals surface area contributed by atoms with Gasteiger partial charge in [0, 0.05) is 20.0 Å². The maximum Gasteiger partial charge on any atom is 0.318 e. The molecule has 0 unspecified atom stereocenters. The van der Waals surface area contributed by atoms with Gasteiger partial charge in [0.2, 0.25) is 5.91 Å². The van der Waals surface area contributed by atoms with E-state index in [1.54, 1.807) is 0 Å². The molecule has 0 saturated heterocycles. The van der Waals surface area contributed by atoms with Crippen molar-refractivity contribution in [2.75, 3.05) is 25.5 Å². The predicted molar refractivity (Wildman–Crippen MR) is 60.8 cm³/mol. The molecule has 0 aromatic carbocycles. The van der Waals surface area contributed by atoms with E-state index >= 15 is 0 Å². The van der Waals surface area contributed by atoms with E-state index < -0.39 is 0 Å². The van der Waals surface area contributed by atoms with Gasteiger partial charge in [-0.1, -0.05) is 11.6 Å². The Morgan fingerprint density at radius 1 is 1.56 bits per heavy atom. The molecule has 0 fully saturated rings. The highest BCUT2D eigenvalue weighted by atomic mass is 35.5. The van der Waals surface area contributed by atoms with E-state index in [4.69, 9.17) is 16.3 Å². The summed E-state index contributed by atoms with van der Waals surface area (Å²) < 4.78 is 4.86. The van der Waals surface area contributed by atoms with Crippen molar-refractivity contribution < 1.29 is 9.53 Å². The number of nitrogens with one attached hydrogen (secondary N) is 2. The summed E-state index contributed by atoms with van der Waals surface area (Å²) in [6.45, 7) is 2.48. The number of anilines is 1. The number of carbonyl (C=O) groups is 1. The number of ether oxygens (including phenoxy) is 1. The molecule has 1 amide bonds. The second kappa shape index (κ2) is 6.12. The Morgan fingerprint density at radius 3 is 2.94 bits per heavy atom. The fraction of sp³-hybridized carbons (Fsp3) is 0.444. The van der Waals surface area contributed by atoms with Crippen LogP contribution in [0.2, 0.25) is 5.02 Å². The van der Waals surface area contributed by atoms with E-state index in [1.165, 1.54) is 20.2 Å². The highest BCUT2D eigenvalue weighted by molar-refractivity contribution is 6.32. The minimum absolute atomic E-state index is 0.0758. The number of carbonyl (C=O) groups excluding carboxylic acids is 1. The first kappa shape index (κ1) is 12.5. The molecular formula is C9H13ClN4O2. The third kappa shape index (κ3) is 3.90. The first-order chi connectivity index (χ1) is 7.63. The van der Waals surface area contributed by atoms with E-state index in [9.17, 15) is 4.79 Å². The van der Waals surface area contributed by atoms with Gasteiger partial charge in [0.15, 0.2) is 5.82 Å². The van der Waals surface area contributed by atoms with E-state index in [0.29, 0.717) is 23.9 Å². The Morgan fingerprint density at radius 2 is 2.31 bits per heavy atom. The maximum absolute atomic E-state index is 10.6. The van der Waals surface area contributed by atoms with Crippen molar-refractivity contribution in [3.05, 3.63) is 11.2 Å². The third-order valence-electron chi connectivity index (χ3n) is 1.70. The summed E-state index contributed by atoms with van der Waals surface area (Å²) in [5.41, 5.74) is 0. The third-order valence-corrected chi connectivity index (χ3v) is 1.97. The molecule has 1 aromatic heterocycles. The van der Waals surface area contributed by atoms with Crippen LogP contribution in [0.1, 0.15) is 6.92 Å². The smallest absolute Gasteiger partial charge is 0.318 e. The second-order valence-electron chi connectivity index (χ2n) is 2.96. The summed E-state index contributed by atoms with van der Waals surface area (Å²) in [6, 6.07) is 0.242. The summed E-state index contributed by atoms with van der Waals surface area (Å²) >= 11 is 5.86. The molecule has 6 nitrogen and oxygen atoms in total. The average Bonchev–Trinajstić information content (AvgIpc) is 2.26. The molecule has 0 aliphatic rings. The summed E-state index contributed by atoms with van der Waals surface area (Å²) in [6.07, 6.45) is 1.45. The van der Waals surface area contributed by atoms with E-state index in [0.717, 1.165) is 0 Å². The van der Waals surface area contributed by atoms with Crippen LogP contribution < -0.4 is 15.4 Å². The summed E-state index contributed by atoms with van der Waals surface area (Å²) in [4.78, 5) is 18.5. The average molecular weight is 245 g/mol. The lowest BCUT2D eigenvalue weighted by molar-refractivity contribution is -0.118. The number of nitrogens with zero attached hydrogens (tertiary/aromatic N) is 2. The lowest BCUT2D eigenvalue weighted by Gasteiger charge is -2.08. The highest BCUT2D eigenvalue weighted by Crippen LogP contribution is 2.19. The second-order valence-corrected chi connectivity index (χ2v) is 3.37. The van der Waals surface area contributed by atoms with Crippen LogP contribution in [-0.4, -0.2) is 36.1 Å². The first-order valence-electron chi connectivity index (χ1n) is 4.68. The Kier molecular flexibility index (Phi) is 4.78. The van der Waals surface area contributed by atoms with Crippen LogP contribution >= 0.6 is 11.6 Å². The van der Waals surface area contributed by atoms with Crippen molar-refractivity contribution >= 4 is 23.3 Å². The number of halogens is 1. The maximum atomic E-state index is 10.6. The van der Waals surface area contributed by atoms with E-state index in [2.05, 4.69) is 20.6 Å². The molecule has 0 saturated carbocycles. The quantitative estimate of drug-likeness (QED) is 0.746. The van der Waals surface area contributed by atoms with Crippen LogP contribution in [0.15, 0.2) is 6.20 Å². The molecular weight excluding hydrogens is 232 g/mol. The van der Waals surface area contributed by atoms with E-state index in [1.807, 2.05) is 0 Å². The Hall–Kier alpha value is -1.56. The van der Waals surface area contributed by atoms with Crippen molar-refractivity contribution in [3.63, 3.8) is 0 Å². The normalized spacial score (nSPS) is 9.69. The largest absolute Gasteiger partial charge is 0.467 e. The lowest BCUT2D eigenvalue weighted by atomic mass is 10.5. The molecule has 1 rings (SSSR count). The van der Waals surface area contributed by atoms with Gasteiger partial charge < -0.3 is 15.4 Å². The first-order valence-corrected chi connectivity index (χ1v) is 5.06. The Labute approximate surface area is 98.4 Å². The number of rotatable bonds is 5.